The maximum absolute atomic E-state index is 15.2. The van der Waals surface area contributed by atoms with E-state index in [-0.39, 0.29) is 42.9 Å². The van der Waals surface area contributed by atoms with Gasteiger partial charge >= 0.3 is 5.97 Å². The third kappa shape index (κ3) is 9.42. The van der Waals surface area contributed by atoms with Crippen LogP contribution >= 0.6 is 11.3 Å². The van der Waals surface area contributed by atoms with Crippen LogP contribution in [0.2, 0.25) is 0 Å². The molecule has 4 heterocycles. The summed E-state index contributed by atoms with van der Waals surface area (Å²) in [5, 5.41) is 3.46. The summed E-state index contributed by atoms with van der Waals surface area (Å²) in [4.78, 5) is 69.5. The average Bonchev–Trinajstić information content (AvgIpc) is 4.02. The Hall–Kier alpha value is -4.37. The molecule has 63 heavy (non-hydrogen) atoms. The first-order valence-electron chi connectivity index (χ1n) is 22.4. The zero-order valence-electron chi connectivity index (χ0n) is 38.5. The van der Waals surface area contributed by atoms with Gasteiger partial charge in [-0.15, -0.1) is 11.3 Å². The predicted octanol–water partition coefficient (Wildman–Crippen LogP) is 8.62. The van der Waals surface area contributed by atoms with Crippen LogP contribution in [-0.4, -0.2) is 83.0 Å². The first kappa shape index (κ1) is 46.6. The summed E-state index contributed by atoms with van der Waals surface area (Å²) in [6, 6.07) is 4.54. The molecule has 3 fully saturated rings. The second-order valence-electron chi connectivity index (χ2n) is 20.4. The first-order chi connectivity index (χ1) is 29.5. The minimum atomic E-state index is -3.99. The fraction of sp³-hybridized carbons (Fsp3) is 0.625. The third-order valence-electron chi connectivity index (χ3n) is 13.6. The Labute approximate surface area is 376 Å². The molecule has 7 rings (SSSR count). The number of amides is 2. The molecule has 13 nitrogen and oxygen atoms in total. The Kier molecular flexibility index (Phi) is 12.7. The van der Waals surface area contributed by atoms with Crippen molar-refractivity contribution in [1.82, 2.24) is 19.6 Å². The minimum Gasteiger partial charge on any atom is -0.496 e. The number of carbonyl (C=O) groups excluding carboxylic acids is 4. The summed E-state index contributed by atoms with van der Waals surface area (Å²) in [7, 11) is -2.38. The number of hydrogen-bond donors (Lipinski definition) is 1. The van der Waals surface area contributed by atoms with E-state index in [9.17, 15) is 18.0 Å². The maximum atomic E-state index is 15.2. The van der Waals surface area contributed by atoms with E-state index in [1.54, 1.807) is 39.7 Å². The number of hydrogen-bond acceptors (Lipinski definition) is 12. The lowest BCUT2D eigenvalue weighted by molar-refractivity contribution is -0.159. The van der Waals surface area contributed by atoms with Crippen molar-refractivity contribution in [3.63, 3.8) is 0 Å². The van der Waals surface area contributed by atoms with Gasteiger partial charge in [0.1, 0.15) is 33.9 Å². The number of rotatable bonds is 10. The number of allylic oxidation sites excluding steroid dienone is 2. The number of fused-ring (bicyclic) bond motifs is 3. The van der Waals surface area contributed by atoms with E-state index >= 15 is 9.59 Å². The Morgan fingerprint density at radius 1 is 1.05 bits per heavy atom. The van der Waals surface area contributed by atoms with Crippen molar-refractivity contribution in [3.8, 4) is 22.2 Å². The number of sulfonamides is 1. The summed E-state index contributed by atoms with van der Waals surface area (Å²) in [5.74, 6) is -1.66. The van der Waals surface area contributed by atoms with Gasteiger partial charge in [0.15, 0.2) is 5.78 Å². The summed E-state index contributed by atoms with van der Waals surface area (Å²) >= 11 is 1.49. The third-order valence-corrected chi connectivity index (χ3v) is 16.7. The number of carbonyl (C=O) groups is 4. The molecule has 5 atom stereocenters. The lowest BCUT2D eigenvalue weighted by Gasteiger charge is -2.35. The van der Waals surface area contributed by atoms with Gasteiger partial charge in [-0.3, -0.25) is 23.9 Å². The molecule has 2 aromatic heterocycles. The molecule has 2 amide bonds. The van der Waals surface area contributed by atoms with Crippen LogP contribution in [0.4, 0.5) is 0 Å². The number of aromatic nitrogens is 2. The molecule has 0 spiro atoms. The fourth-order valence-electron chi connectivity index (χ4n) is 9.27. The summed E-state index contributed by atoms with van der Waals surface area (Å²) < 4.78 is 46.7. The standard InChI is InChI=1S/C48H64N4O9S2/c1-28(2)34-27-62-42(50-34)33-23-37(32-18-19-36(59-10)29(3)40(32)49-33)60-38-26-52-41(46(38,7)8)35(53)25-48(44(56)51-63(57,58)47(9)20-21-47)24-31(48)17-15-13-11-12-14-16-30(43(52)55)22-39(54)61-45(4,5)6/h15,17-19,23,27-28,30-31,38,41H,11-14,16,20-22,24-26H2,1-10H3,(H,51,56)/b17-15-/t30-,31-,38+,41-,48-/m1/s1. The van der Waals surface area contributed by atoms with Crippen LogP contribution in [0, 0.1) is 29.6 Å². The second kappa shape index (κ2) is 17.2. The largest absolute Gasteiger partial charge is 0.496 e. The average molecular weight is 905 g/mol. The van der Waals surface area contributed by atoms with Crippen molar-refractivity contribution in [2.45, 2.75) is 155 Å². The van der Waals surface area contributed by atoms with Crippen molar-refractivity contribution >= 4 is 55.8 Å². The van der Waals surface area contributed by atoms with Crippen molar-refractivity contribution in [3.05, 3.63) is 47.0 Å². The highest BCUT2D eigenvalue weighted by Gasteiger charge is 2.64. The highest BCUT2D eigenvalue weighted by atomic mass is 32.2. The van der Waals surface area contributed by atoms with Crippen molar-refractivity contribution in [2.24, 2.45) is 22.7 Å². The number of benzene rings is 1. The molecule has 1 N–H and O–H groups in total. The van der Waals surface area contributed by atoms with Crippen molar-refractivity contribution < 1.29 is 41.8 Å². The zero-order chi connectivity index (χ0) is 45.9. The molecule has 1 saturated heterocycles. The van der Waals surface area contributed by atoms with Gasteiger partial charge in [-0.2, -0.15) is 0 Å². The van der Waals surface area contributed by atoms with Crippen LogP contribution in [0.3, 0.4) is 0 Å². The Balaban J connectivity index is 1.30. The molecule has 2 saturated carbocycles. The number of nitrogens with one attached hydrogen (secondary N) is 1. The Bertz CT molecular complexity index is 2430. The van der Waals surface area contributed by atoms with Gasteiger partial charge in [0.05, 0.1) is 47.5 Å². The first-order valence-corrected chi connectivity index (χ1v) is 24.8. The topological polar surface area (TPSA) is 171 Å². The van der Waals surface area contributed by atoms with E-state index in [4.69, 9.17) is 24.2 Å². The van der Waals surface area contributed by atoms with Crippen LogP contribution in [0.5, 0.6) is 11.5 Å². The molecular weight excluding hydrogens is 841 g/mol. The van der Waals surface area contributed by atoms with E-state index in [1.807, 2.05) is 56.5 Å². The van der Waals surface area contributed by atoms with Crippen LogP contribution in [0.15, 0.2) is 35.7 Å². The molecule has 1 aromatic carbocycles. The zero-order valence-corrected chi connectivity index (χ0v) is 40.1. The minimum absolute atomic E-state index is 0.0192. The van der Waals surface area contributed by atoms with Crippen LogP contribution in [0.25, 0.3) is 21.6 Å². The van der Waals surface area contributed by atoms with Crippen LogP contribution in [-0.2, 0) is 33.9 Å². The number of ether oxygens (including phenoxy) is 3. The number of pyridine rings is 1. The number of methoxy groups -OCH3 is 1. The predicted molar refractivity (Wildman–Crippen MR) is 243 cm³/mol. The Morgan fingerprint density at radius 2 is 1.78 bits per heavy atom. The molecule has 0 bridgehead atoms. The highest BCUT2D eigenvalue weighted by molar-refractivity contribution is 7.91. The Morgan fingerprint density at radius 3 is 2.43 bits per heavy atom. The molecule has 2 aliphatic heterocycles. The molecule has 0 radical (unpaired) electrons. The van der Waals surface area contributed by atoms with Gasteiger partial charge in [0.25, 0.3) is 0 Å². The number of thiazole rings is 1. The quantitative estimate of drug-likeness (QED) is 0.153. The van der Waals surface area contributed by atoms with E-state index < -0.39 is 61.1 Å². The number of ketones is 1. The molecule has 15 heteroatoms. The molecule has 0 unspecified atom stereocenters. The number of nitrogens with zero attached hydrogens (tertiary/aromatic N) is 3. The van der Waals surface area contributed by atoms with Gasteiger partial charge in [-0.25, -0.2) is 18.4 Å². The summed E-state index contributed by atoms with van der Waals surface area (Å²) in [5.41, 5.74) is -0.0767. The molecule has 4 aliphatic rings. The van der Waals surface area contributed by atoms with Gasteiger partial charge < -0.3 is 19.1 Å². The number of Topliss-reactive ketones (excluding diaryl/α,β-unsaturated/α-hetero) is 1. The number of aryl methyl sites for hydroxylation is 1. The normalized spacial score (nSPS) is 26.6. The van der Waals surface area contributed by atoms with Crippen LogP contribution < -0.4 is 14.2 Å². The van der Waals surface area contributed by atoms with Gasteiger partial charge in [-0.05, 0) is 97.1 Å². The van der Waals surface area contributed by atoms with E-state index in [0.29, 0.717) is 60.2 Å². The van der Waals surface area contributed by atoms with Crippen LogP contribution in [0.1, 0.15) is 137 Å². The van der Waals surface area contributed by atoms with E-state index in [2.05, 4.69) is 18.6 Å². The van der Waals surface area contributed by atoms with Gasteiger partial charge in [0.2, 0.25) is 21.8 Å². The number of esters is 1. The van der Waals surface area contributed by atoms with Gasteiger partial charge in [-0.1, -0.05) is 52.7 Å². The smallest absolute Gasteiger partial charge is 0.307 e. The maximum Gasteiger partial charge on any atom is 0.307 e. The molecular formula is C48H64N4O9S2. The van der Waals surface area contributed by atoms with E-state index in [1.165, 1.54) is 11.3 Å². The molecule has 2 aliphatic carbocycles. The lowest BCUT2D eigenvalue weighted by atomic mass is 9.77. The lowest BCUT2D eigenvalue weighted by Crippen LogP contribution is -2.51. The monoisotopic (exact) mass is 904 g/mol. The summed E-state index contributed by atoms with van der Waals surface area (Å²) in [6.45, 7) is 16.9. The fourth-order valence-corrected chi connectivity index (χ4v) is 11.5. The second-order valence-corrected chi connectivity index (χ2v) is 23.5. The van der Waals surface area contributed by atoms with Crippen molar-refractivity contribution in [2.75, 3.05) is 13.7 Å². The van der Waals surface area contributed by atoms with E-state index in [0.717, 1.165) is 35.5 Å². The molecule has 3 aromatic rings. The molecule has 342 valence electrons. The summed E-state index contributed by atoms with van der Waals surface area (Å²) in [6.07, 6.45) is 7.45. The SMILES string of the molecule is COc1ccc2c(O[C@H]3CN4C(=O)[C@@H](CC(=O)OC(C)(C)C)CCCCC/C=C\[C@@H]5C[C@@]5(C(=O)NS(=O)(=O)C5(C)CC5)CC(=O)[C@@H]4C3(C)C)cc(-c3nc(C(C)C)cs3)nc2c1C. The highest BCUT2D eigenvalue weighted by Crippen LogP contribution is 2.58. The van der Waals surface area contributed by atoms with Gasteiger partial charge in [0, 0.05) is 40.1 Å². The van der Waals surface area contributed by atoms with Crippen molar-refractivity contribution in [1.29, 1.82) is 0 Å².